The Balaban J connectivity index is 3.65. The van der Waals surface area contributed by atoms with Gasteiger partial charge in [-0.3, -0.25) is 9.59 Å². The molecule has 0 aliphatic carbocycles. The molecular weight excluding hydrogens is 244 g/mol. The van der Waals surface area contributed by atoms with Crippen LogP contribution >= 0.6 is 11.8 Å². The van der Waals surface area contributed by atoms with Crippen molar-refractivity contribution < 1.29 is 9.59 Å². The van der Waals surface area contributed by atoms with Gasteiger partial charge in [-0.2, -0.15) is 0 Å². The number of ketones is 1. The molecule has 2 nitrogen and oxygen atoms in total. The van der Waals surface area contributed by atoms with Crippen LogP contribution in [0.15, 0.2) is 0 Å². The van der Waals surface area contributed by atoms with Gasteiger partial charge in [-0.1, -0.05) is 70.6 Å². The van der Waals surface area contributed by atoms with E-state index < -0.39 is 0 Å². The Morgan fingerprint density at radius 3 is 2.00 bits per heavy atom. The summed E-state index contributed by atoms with van der Waals surface area (Å²) >= 11 is 1.24. The van der Waals surface area contributed by atoms with E-state index in [-0.39, 0.29) is 16.1 Å². The second-order valence-electron chi connectivity index (χ2n) is 4.85. The van der Waals surface area contributed by atoms with E-state index in [1.807, 2.05) is 6.92 Å². The number of Topliss-reactive ketones (excluding diaryl/α,β-unsaturated/α-hetero) is 1. The third-order valence-corrected chi connectivity index (χ3v) is 4.49. The Morgan fingerprint density at radius 2 is 1.50 bits per heavy atom. The number of thioether (sulfide) groups is 1. The molecule has 0 saturated carbocycles. The average Bonchev–Trinajstić information content (AvgIpc) is 2.35. The van der Waals surface area contributed by atoms with Gasteiger partial charge in [-0.05, 0) is 13.3 Å². The normalized spacial score (nSPS) is 12.4. The predicted octanol–water partition coefficient (Wildman–Crippen LogP) is 4.75. The lowest BCUT2D eigenvalue weighted by molar-refractivity contribution is -0.117. The van der Waals surface area contributed by atoms with Gasteiger partial charge in [-0.25, -0.2) is 0 Å². The summed E-state index contributed by atoms with van der Waals surface area (Å²) in [6.07, 6.45) is 10.1. The van der Waals surface area contributed by atoms with Crippen molar-refractivity contribution in [2.24, 2.45) is 0 Å². The van der Waals surface area contributed by atoms with Gasteiger partial charge >= 0.3 is 0 Å². The molecule has 0 radical (unpaired) electrons. The van der Waals surface area contributed by atoms with Crippen molar-refractivity contribution >= 4 is 22.7 Å². The fraction of sp³-hybridized carbons (Fsp3) is 0.867. The Labute approximate surface area is 116 Å². The molecule has 0 N–H and O–H groups in total. The SMILES string of the molecule is CCCCCCCCCC(SC(=O)CC)C(C)=O. The van der Waals surface area contributed by atoms with E-state index in [1.165, 1.54) is 50.3 Å². The molecule has 0 saturated heterocycles. The largest absolute Gasteiger partial charge is 0.299 e. The van der Waals surface area contributed by atoms with E-state index in [1.54, 1.807) is 6.92 Å². The fourth-order valence-corrected chi connectivity index (χ4v) is 2.81. The Hall–Kier alpha value is -0.310. The van der Waals surface area contributed by atoms with Gasteiger partial charge in [0.25, 0.3) is 0 Å². The summed E-state index contributed by atoms with van der Waals surface area (Å²) in [6, 6.07) is 0. The van der Waals surface area contributed by atoms with Gasteiger partial charge in [0.05, 0.1) is 5.25 Å². The molecule has 0 rings (SSSR count). The molecule has 0 bridgehead atoms. The molecule has 1 unspecified atom stereocenters. The van der Waals surface area contributed by atoms with Crippen molar-refractivity contribution in [1.29, 1.82) is 0 Å². The Kier molecular flexibility index (Phi) is 11.6. The van der Waals surface area contributed by atoms with Crippen LogP contribution in [0.4, 0.5) is 0 Å². The zero-order valence-electron chi connectivity index (χ0n) is 12.2. The highest BCUT2D eigenvalue weighted by Crippen LogP contribution is 2.21. The van der Waals surface area contributed by atoms with Crippen LogP contribution in [0.3, 0.4) is 0 Å². The van der Waals surface area contributed by atoms with Gasteiger partial charge in [0.2, 0.25) is 0 Å². The number of carbonyl (C=O) groups excluding carboxylic acids is 2. The molecule has 0 fully saturated rings. The summed E-state index contributed by atoms with van der Waals surface area (Å²) in [5.74, 6) is 0.146. The molecule has 0 aliphatic rings. The third kappa shape index (κ3) is 9.69. The quantitative estimate of drug-likeness (QED) is 0.509. The van der Waals surface area contributed by atoms with Crippen LogP contribution in [0.5, 0.6) is 0 Å². The minimum Gasteiger partial charge on any atom is -0.299 e. The highest BCUT2D eigenvalue weighted by Gasteiger charge is 2.17. The standard InChI is InChI=1S/C15H28O2S/c1-4-6-7-8-9-10-11-12-14(13(3)16)18-15(17)5-2/h14H,4-12H2,1-3H3. The number of unbranched alkanes of at least 4 members (excludes halogenated alkanes) is 6. The van der Waals surface area contributed by atoms with Crippen molar-refractivity contribution in [3.8, 4) is 0 Å². The van der Waals surface area contributed by atoms with Crippen molar-refractivity contribution in [3.63, 3.8) is 0 Å². The molecule has 0 aromatic heterocycles. The minimum atomic E-state index is -0.104. The van der Waals surface area contributed by atoms with E-state index >= 15 is 0 Å². The summed E-state index contributed by atoms with van der Waals surface area (Å²) in [4.78, 5) is 22.8. The fourth-order valence-electron chi connectivity index (χ4n) is 1.87. The van der Waals surface area contributed by atoms with Crippen LogP contribution in [-0.4, -0.2) is 16.1 Å². The number of hydrogen-bond acceptors (Lipinski definition) is 3. The zero-order valence-corrected chi connectivity index (χ0v) is 13.0. The van der Waals surface area contributed by atoms with Crippen LogP contribution in [-0.2, 0) is 9.59 Å². The van der Waals surface area contributed by atoms with E-state index in [0.29, 0.717) is 6.42 Å². The lowest BCUT2D eigenvalue weighted by Gasteiger charge is -2.11. The van der Waals surface area contributed by atoms with E-state index in [9.17, 15) is 9.59 Å². The first-order valence-corrected chi connectivity index (χ1v) is 8.19. The van der Waals surface area contributed by atoms with Crippen LogP contribution in [0.25, 0.3) is 0 Å². The molecule has 18 heavy (non-hydrogen) atoms. The summed E-state index contributed by atoms with van der Waals surface area (Å²) < 4.78 is 0. The van der Waals surface area contributed by atoms with Gasteiger partial charge in [0, 0.05) is 6.42 Å². The molecular formula is C15H28O2S. The van der Waals surface area contributed by atoms with Crippen LogP contribution in [0.2, 0.25) is 0 Å². The molecule has 0 aliphatic heterocycles. The first-order chi connectivity index (χ1) is 8.61. The Morgan fingerprint density at radius 1 is 0.944 bits per heavy atom. The molecule has 0 aromatic rings. The molecule has 3 heteroatoms. The highest BCUT2D eigenvalue weighted by atomic mass is 32.2. The molecule has 1 atom stereocenters. The lowest BCUT2D eigenvalue weighted by atomic mass is 10.1. The first kappa shape index (κ1) is 17.7. The number of rotatable bonds is 11. The first-order valence-electron chi connectivity index (χ1n) is 7.31. The second kappa shape index (κ2) is 11.8. The second-order valence-corrected chi connectivity index (χ2v) is 6.11. The summed E-state index contributed by atoms with van der Waals surface area (Å²) in [7, 11) is 0. The van der Waals surface area contributed by atoms with Gasteiger partial charge in [0.15, 0.2) is 5.12 Å². The summed E-state index contributed by atoms with van der Waals surface area (Å²) in [5, 5.41) is 0.0336. The van der Waals surface area contributed by atoms with Crippen molar-refractivity contribution in [1.82, 2.24) is 0 Å². The van der Waals surface area contributed by atoms with Crippen LogP contribution in [0.1, 0.15) is 78.6 Å². The molecule has 0 amide bonds. The third-order valence-electron chi connectivity index (χ3n) is 3.09. The zero-order chi connectivity index (χ0) is 13.8. The average molecular weight is 272 g/mol. The van der Waals surface area contributed by atoms with Gasteiger partial charge in [-0.15, -0.1) is 0 Å². The topological polar surface area (TPSA) is 34.1 Å². The van der Waals surface area contributed by atoms with Gasteiger partial charge in [0.1, 0.15) is 5.78 Å². The maximum Gasteiger partial charge on any atom is 0.189 e. The van der Waals surface area contributed by atoms with Crippen molar-refractivity contribution in [2.75, 3.05) is 0 Å². The van der Waals surface area contributed by atoms with Gasteiger partial charge < -0.3 is 0 Å². The predicted molar refractivity (Wildman–Crippen MR) is 80.0 cm³/mol. The van der Waals surface area contributed by atoms with E-state index in [0.717, 1.165) is 12.8 Å². The van der Waals surface area contributed by atoms with Crippen LogP contribution < -0.4 is 0 Å². The van der Waals surface area contributed by atoms with Crippen LogP contribution in [0, 0.1) is 0 Å². The lowest BCUT2D eigenvalue weighted by Crippen LogP contribution is -2.15. The van der Waals surface area contributed by atoms with E-state index in [2.05, 4.69) is 6.92 Å². The smallest absolute Gasteiger partial charge is 0.189 e. The molecule has 106 valence electrons. The molecule has 0 aromatic carbocycles. The minimum absolute atomic E-state index is 0.104. The molecule has 0 spiro atoms. The summed E-state index contributed by atoms with van der Waals surface area (Å²) in [5.41, 5.74) is 0. The Bertz CT molecular complexity index is 239. The summed E-state index contributed by atoms with van der Waals surface area (Å²) in [6.45, 7) is 5.67. The van der Waals surface area contributed by atoms with Crippen molar-refractivity contribution in [2.45, 2.75) is 83.8 Å². The highest BCUT2D eigenvalue weighted by molar-refractivity contribution is 8.14. The number of hydrogen-bond donors (Lipinski definition) is 0. The maximum atomic E-state index is 11.4. The molecule has 0 heterocycles. The number of carbonyl (C=O) groups is 2. The monoisotopic (exact) mass is 272 g/mol. The van der Waals surface area contributed by atoms with E-state index in [4.69, 9.17) is 0 Å². The van der Waals surface area contributed by atoms with Crippen molar-refractivity contribution in [3.05, 3.63) is 0 Å². The maximum absolute atomic E-state index is 11.4.